The molecule has 1 heterocycles. The van der Waals surface area contributed by atoms with Crippen LogP contribution in [0.4, 0.5) is 0 Å². The molecule has 0 aromatic rings. The van der Waals surface area contributed by atoms with Gasteiger partial charge in [0.25, 0.3) is 0 Å². The lowest BCUT2D eigenvalue weighted by molar-refractivity contribution is 0.317. The first-order valence-corrected chi connectivity index (χ1v) is 6.95. The lowest BCUT2D eigenvalue weighted by atomic mass is 10.3. The van der Waals surface area contributed by atoms with Gasteiger partial charge in [-0.25, -0.2) is 0 Å². The molecule has 0 spiro atoms. The number of hydrogen-bond donors (Lipinski definition) is 0. The van der Waals surface area contributed by atoms with Crippen LogP contribution in [-0.4, -0.2) is 61.0 Å². The number of nitrogens with zero attached hydrogens (tertiary/aromatic N) is 3. The van der Waals surface area contributed by atoms with Gasteiger partial charge in [-0.15, -0.1) is 0 Å². The van der Waals surface area contributed by atoms with Gasteiger partial charge in [-0.3, -0.25) is 4.99 Å². The summed E-state index contributed by atoms with van der Waals surface area (Å²) in [5, 5.41) is 0. The van der Waals surface area contributed by atoms with E-state index in [1.165, 1.54) is 24.6 Å². The summed E-state index contributed by atoms with van der Waals surface area (Å²) >= 11 is 2.00. The molecule has 15 heavy (non-hydrogen) atoms. The lowest BCUT2D eigenvalue weighted by Crippen LogP contribution is -2.46. The topological polar surface area (TPSA) is 18.8 Å². The van der Waals surface area contributed by atoms with Crippen molar-refractivity contribution < 1.29 is 0 Å². The predicted molar refractivity (Wildman–Crippen MR) is 69.8 cm³/mol. The van der Waals surface area contributed by atoms with Crippen molar-refractivity contribution in [3.63, 3.8) is 0 Å². The Labute approximate surface area is 97.9 Å². The Hall–Kier alpha value is -0.380. The average molecular weight is 229 g/mol. The molecule has 3 nitrogen and oxygen atoms in total. The Morgan fingerprint density at radius 3 is 2.47 bits per heavy atom. The minimum Gasteiger partial charge on any atom is -0.346 e. The molecule has 1 rings (SSSR count). The molecule has 0 saturated carbocycles. The molecule has 4 heteroatoms. The van der Waals surface area contributed by atoms with Crippen molar-refractivity contribution in [1.29, 1.82) is 0 Å². The number of rotatable bonds is 5. The van der Waals surface area contributed by atoms with E-state index >= 15 is 0 Å². The van der Waals surface area contributed by atoms with Crippen LogP contribution in [0.1, 0.15) is 19.8 Å². The summed E-state index contributed by atoms with van der Waals surface area (Å²) in [5.41, 5.74) is 0. The third-order valence-electron chi connectivity index (χ3n) is 2.51. The molecule has 0 aromatic carbocycles. The molecule has 0 unspecified atom stereocenters. The highest BCUT2D eigenvalue weighted by Crippen LogP contribution is 2.06. The van der Waals surface area contributed by atoms with Crippen molar-refractivity contribution in [3.05, 3.63) is 0 Å². The van der Waals surface area contributed by atoms with Gasteiger partial charge in [-0.1, -0.05) is 6.92 Å². The van der Waals surface area contributed by atoms with Crippen LogP contribution in [0.25, 0.3) is 0 Å². The molecule has 1 fully saturated rings. The maximum Gasteiger partial charge on any atom is 0.196 e. The summed E-state index contributed by atoms with van der Waals surface area (Å²) < 4.78 is 0. The monoisotopic (exact) mass is 229 g/mol. The number of guanidine groups is 1. The largest absolute Gasteiger partial charge is 0.346 e. The smallest absolute Gasteiger partial charge is 0.196 e. The van der Waals surface area contributed by atoms with Crippen molar-refractivity contribution in [2.24, 2.45) is 4.99 Å². The van der Waals surface area contributed by atoms with Crippen LogP contribution in [-0.2, 0) is 0 Å². The molecule has 0 aromatic heterocycles. The van der Waals surface area contributed by atoms with E-state index < -0.39 is 0 Å². The Morgan fingerprint density at radius 2 is 1.87 bits per heavy atom. The highest BCUT2D eigenvalue weighted by molar-refractivity contribution is 7.99. The number of thioether (sulfide) groups is 1. The second-order valence-electron chi connectivity index (χ2n) is 3.99. The van der Waals surface area contributed by atoms with Gasteiger partial charge in [0.15, 0.2) is 5.96 Å². The minimum absolute atomic E-state index is 0.953. The van der Waals surface area contributed by atoms with Gasteiger partial charge in [0.2, 0.25) is 0 Å². The van der Waals surface area contributed by atoms with Gasteiger partial charge >= 0.3 is 0 Å². The molecule has 0 amide bonds. The normalized spacial score (nSPS) is 17.1. The molecule has 0 atom stereocenters. The summed E-state index contributed by atoms with van der Waals surface area (Å²) in [7, 11) is 4.27. The summed E-state index contributed by atoms with van der Waals surface area (Å²) in [4.78, 5) is 9.18. The van der Waals surface area contributed by atoms with E-state index in [0.29, 0.717) is 0 Å². The van der Waals surface area contributed by atoms with Gasteiger partial charge in [0.05, 0.1) is 6.54 Å². The molecule has 0 N–H and O–H groups in total. The van der Waals surface area contributed by atoms with E-state index in [1.807, 2.05) is 11.8 Å². The average Bonchev–Trinajstić information content (AvgIpc) is 2.21. The van der Waals surface area contributed by atoms with Crippen LogP contribution in [0, 0.1) is 0 Å². The fraction of sp³-hybridized carbons (Fsp3) is 0.909. The molecule has 0 radical (unpaired) electrons. The maximum atomic E-state index is 4.66. The van der Waals surface area contributed by atoms with E-state index in [4.69, 9.17) is 0 Å². The summed E-state index contributed by atoms with van der Waals surface area (Å²) in [6.45, 7) is 5.47. The van der Waals surface area contributed by atoms with Crippen LogP contribution < -0.4 is 0 Å². The second kappa shape index (κ2) is 6.99. The van der Waals surface area contributed by atoms with Crippen molar-refractivity contribution in [2.45, 2.75) is 19.8 Å². The highest BCUT2D eigenvalue weighted by atomic mass is 32.2. The number of aliphatic imine (C=N–C) groups is 1. The van der Waals surface area contributed by atoms with E-state index in [0.717, 1.165) is 25.4 Å². The Bertz CT molecular complexity index is 194. The summed E-state index contributed by atoms with van der Waals surface area (Å²) in [6.07, 6.45) is 2.51. The first-order valence-electron chi connectivity index (χ1n) is 5.80. The molecule has 1 aliphatic rings. The third-order valence-corrected chi connectivity index (χ3v) is 3.68. The van der Waals surface area contributed by atoms with Crippen LogP contribution in [0.2, 0.25) is 0 Å². The van der Waals surface area contributed by atoms with Crippen LogP contribution in [0.3, 0.4) is 0 Å². The lowest BCUT2D eigenvalue weighted by Gasteiger charge is -2.34. The Kier molecular flexibility index (Phi) is 5.91. The summed E-state index contributed by atoms with van der Waals surface area (Å²) in [5.74, 6) is 3.58. The zero-order valence-electron chi connectivity index (χ0n) is 10.2. The molecule has 0 bridgehead atoms. The molecular formula is C11H23N3S. The zero-order chi connectivity index (χ0) is 11.1. The van der Waals surface area contributed by atoms with Crippen molar-refractivity contribution in [2.75, 3.05) is 45.2 Å². The second-order valence-corrected chi connectivity index (χ2v) is 5.22. The van der Waals surface area contributed by atoms with E-state index in [1.54, 1.807) is 0 Å². The van der Waals surface area contributed by atoms with E-state index in [9.17, 15) is 0 Å². The van der Waals surface area contributed by atoms with Crippen molar-refractivity contribution in [3.8, 4) is 0 Å². The molecule has 0 aliphatic carbocycles. The molecule has 1 aliphatic heterocycles. The van der Waals surface area contributed by atoms with Crippen LogP contribution in [0.15, 0.2) is 4.99 Å². The Balaban J connectivity index is 2.29. The minimum atomic E-state index is 0.953. The molecular weight excluding hydrogens is 206 g/mol. The fourth-order valence-electron chi connectivity index (χ4n) is 1.73. The Morgan fingerprint density at radius 1 is 1.20 bits per heavy atom. The fourth-order valence-corrected chi connectivity index (χ4v) is 2.45. The van der Waals surface area contributed by atoms with E-state index in [2.05, 4.69) is 35.8 Å². The van der Waals surface area contributed by atoms with E-state index in [-0.39, 0.29) is 0 Å². The van der Waals surface area contributed by atoms with Gasteiger partial charge in [0.1, 0.15) is 0 Å². The number of hydrogen-bond acceptors (Lipinski definition) is 2. The standard InChI is InChI=1S/C11H23N3S/c1-4-9-15-10-6-12-11-13(2)7-5-8-14(11)3/h4-10H2,1-3H3. The molecule has 88 valence electrons. The first kappa shape index (κ1) is 12.7. The third kappa shape index (κ3) is 4.33. The van der Waals surface area contributed by atoms with Crippen molar-refractivity contribution in [1.82, 2.24) is 9.80 Å². The first-order chi connectivity index (χ1) is 7.25. The van der Waals surface area contributed by atoms with Gasteiger partial charge in [-0.2, -0.15) is 11.8 Å². The summed E-state index contributed by atoms with van der Waals surface area (Å²) in [6, 6.07) is 0. The maximum absolute atomic E-state index is 4.66. The van der Waals surface area contributed by atoms with Gasteiger partial charge < -0.3 is 9.80 Å². The van der Waals surface area contributed by atoms with Crippen LogP contribution >= 0.6 is 11.8 Å². The van der Waals surface area contributed by atoms with Crippen LogP contribution in [0.5, 0.6) is 0 Å². The SMILES string of the molecule is CCCSCCN=C1N(C)CCCN1C. The highest BCUT2D eigenvalue weighted by Gasteiger charge is 2.16. The van der Waals surface area contributed by atoms with Crippen molar-refractivity contribution >= 4 is 17.7 Å². The quantitative estimate of drug-likeness (QED) is 0.669. The molecule has 1 saturated heterocycles. The zero-order valence-corrected chi connectivity index (χ0v) is 11.0. The predicted octanol–water partition coefficient (Wildman–Crippen LogP) is 1.75. The van der Waals surface area contributed by atoms with Gasteiger partial charge in [-0.05, 0) is 18.6 Å². The van der Waals surface area contributed by atoms with Gasteiger partial charge in [0, 0.05) is 32.9 Å².